The van der Waals surface area contributed by atoms with E-state index < -0.39 is 65.3 Å². The number of aryl methyl sites for hydroxylation is 1. The second kappa shape index (κ2) is 18.4. The molecular weight excluding hydrogens is 734 g/mol. The van der Waals surface area contributed by atoms with E-state index in [0.29, 0.717) is 37.3 Å². The molecule has 2 heterocycles. The first-order chi connectivity index (χ1) is 24.8. The Morgan fingerprint density at radius 2 is 1.81 bits per heavy atom. The molecule has 2 fully saturated rings. The summed E-state index contributed by atoms with van der Waals surface area (Å²) in [4.78, 5) is 39.8. The summed E-state index contributed by atoms with van der Waals surface area (Å²) < 4.78 is 37.8. The molecule has 0 bridgehead atoms. The summed E-state index contributed by atoms with van der Waals surface area (Å²) in [5, 5.41) is 34.8. The van der Waals surface area contributed by atoms with E-state index in [4.69, 9.17) is 21.4 Å². The number of carbonyl (C=O) groups is 3. The van der Waals surface area contributed by atoms with Gasteiger partial charge in [-0.05, 0) is 80.2 Å². The van der Waals surface area contributed by atoms with E-state index >= 15 is 0 Å². The summed E-state index contributed by atoms with van der Waals surface area (Å²) in [5.41, 5.74) is 2.32. The average molecular weight is 782 g/mol. The number of nitrogens with one attached hydrogen (secondary N) is 4. The number of carbonyl (C=O) groups excluding carboxylic acids is 2. The molecule has 52 heavy (non-hydrogen) atoms. The first-order valence-electron chi connectivity index (χ1n) is 17.7. The minimum absolute atomic E-state index is 0.0114. The van der Waals surface area contributed by atoms with Crippen molar-refractivity contribution in [1.29, 1.82) is 0 Å². The van der Waals surface area contributed by atoms with Gasteiger partial charge in [0.1, 0.15) is 29.7 Å². The van der Waals surface area contributed by atoms with Crippen LogP contribution in [0.1, 0.15) is 69.4 Å². The van der Waals surface area contributed by atoms with Gasteiger partial charge in [-0.2, -0.15) is 0 Å². The summed E-state index contributed by atoms with van der Waals surface area (Å²) in [6.45, 7) is 0.841. The number of aliphatic carboxylic acids is 1. The maximum Gasteiger partial charge on any atom is 0.326 e. The van der Waals surface area contributed by atoms with E-state index in [0.717, 1.165) is 22.6 Å². The number of carboxylic acids is 1. The molecule has 7 N–H and O–H groups in total. The molecular formula is C35H48ClN5O9S2. The molecule has 1 amide bonds. The molecule has 0 radical (unpaired) electrons. The van der Waals surface area contributed by atoms with Gasteiger partial charge in [0.05, 0.1) is 29.5 Å². The molecule has 2 aromatic rings. The maximum absolute atomic E-state index is 13.3. The number of hydrogen-bond donors (Lipinski definition) is 7. The van der Waals surface area contributed by atoms with Crippen molar-refractivity contribution < 1.29 is 42.9 Å². The number of nitrogens with zero attached hydrogens (tertiary/aromatic N) is 1. The molecule has 1 saturated carbocycles. The molecule has 286 valence electrons. The fraction of sp³-hybridized carbons (Fsp3) is 0.571. The van der Waals surface area contributed by atoms with Gasteiger partial charge in [0.2, 0.25) is 15.9 Å². The highest BCUT2D eigenvalue weighted by Crippen LogP contribution is 2.38. The van der Waals surface area contributed by atoms with Crippen LogP contribution >= 0.6 is 23.5 Å². The summed E-state index contributed by atoms with van der Waals surface area (Å²) in [6.07, 6.45) is 6.31. The highest BCUT2D eigenvalue weighted by atomic mass is 35.5. The molecule has 2 aliphatic heterocycles. The first kappa shape index (κ1) is 40.2. The summed E-state index contributed by atoms with van der Waals surface area (Å²) in [7, 11) is -3.95. The Bertz CT molecular complexity index is 1680. The summed E-state index contributed by atoms with van der Waals surface area (Å²) in [6, 6.07) is 7.58. The number of carboxylic acid groups (broad SMARTS) is 1. The van der Waals surface area contributed by atoms with Gasteiger partial charge < -0.3 is 30.3 Å². The Morgan fingerprint density at radius 1 is 1.10 bits per heavy atom. The Balaban J connectivity index is 1.16. The lowest BCUT2D eigenvalue weighted by molar-refractivity contribution is -0.152. The van der Waals surface area contributed by atoms with E-state index in [1.807, 2.05) is 0 Å². The number of ether oxygens (including phenoxy) is 1. The summed E-state index contributed by atoms with van der Waals surface area (Å²) >= 11 is 7.90. The van der Waals surface area contributed by atoms with Gasteiger partial charge in [-0.15, -0.1) is 0 Å². The summed E-state index contributed by atoms with van der Waals surface area (Å²) in [5.74, 6) is -1.58. The van der Waals surface area contributed by atoms with Gasteiger partial charge >= 0.3 is 11.9 Å². The molecule has 5 rings (SSSR count). The van der Waals surface area contributed by atoms with Crippen molar-refractivity contribution in [2.24, 2.45) is 5.92 Å². The third-order valence-corrected chi connectivity index (χ3v) is 12.6. The van der Waals surface area contributed by atoms with Crippen LogP contribution in [0.2, 0.25) is 5.02 Å². The minimum atomic E-state index is -3.95. The Kier molecular flexibility index (Phi) is 14.2. The molecule has 14 nitrogen and oxygen atoms in total. The monoisotopic (exact) mass is 781 g/mol. The zero-order valence-electron chi connectivity index (χ0n) is 29.1. The van der Waals surface area contributed by atoms with E-state index in [-0.39, 0.29) is 29.0 Å². The smallest absolute Gasteiger partial charge is 0.326 e. The van der Waals surface area contributed by atoms with Crippen LogP contribution in [-0.2, 0) is 42.1 Å². The number of esters is 1. The van der Waals surface area contributed by atoms with Gasteiger partial charge in [-0.25, -0.2) is 22.7 Å². The van der Waals surface area contributed by atoms with E-state index in [9.17, 15) is 33.0 Å². The van der Waals surface area contributed by atoms with Gasteiger partial charge in [-0.1, -0.05) is 61.5 Å². The zero-order valence-corrected chi connectivity index (χ0v) is 31.4. The number of anilines is 1. The van der Waals surface area contributed by atoms with E-state index in [2.05, 4.69) is 20.1 Å². The topological polar surface area (TPSA) is 207 Å². The third-order valence-electron chi connectivity index (χ3n) is 9.78. The van der Waals surface area contributed by atoms with Gasteiger partial charge in [-0.3, -0.25) is 14.9 Å². The Labute approximate surface area is 313 Å². The molecule has 0 aromatic heterocycles. The lowest BCUT2D eigenvalue weighted by Gasteiger charge is -2.29. The lowest BCUT2D eigenvalue weighted by Crippen LogP contribution is -2.53. The van der Waals surface area contributed by atoms with Crippen LogP contribution in [0.4, 0.5) is 5.69 Å². The van der Waals surface area contributed by atoms with Crippen LogP contribution in [0.5, 0.6) is 0 Å². The predicted molar refractivity (Wildman–Crippen MR) is 196 cm³/mol. The van der Waals surface area contributed by atoms with Gasteiger partial charge in [0.15, 0.2) is 0 Å². The predicted octanol–water partition coefficient (Wildman–Crippen LogP) is 3.00. The number of hydrogen-bond acceptors (Lipinski definition) is 12. The molecule has 2 aromatic carbocycles. The minimum Gasteiger partial charge on any atom is -0.480 e. The molecule has 2 unspecified atom stereocenters. The van der Waals surface area contributed by atoms with E-state index in [1.165, 1.54) is 42.5 Å². The second-order valence-electron chi connectivity index (χ2n) is 13.7. The van der Waals surface area contributed by atoms with Crippen LogP contribution in [0.3, 0.4) is 0 Å². The molecule has 17 heteroatoms. The number of amides is 1. The third kappa shape index (κ3) is 10.6. The number of likely N-dealkylation sites (tertiary alicyclic amines) is 1. The molecule has 0 spiro atoms. The second-order valence-corrected chi connectivity index (χ2v) is 16.7. The highest BCUT2D eigenvalue weighted by molar-refractivity contribution is 7.97. The standard InChI is InChI=1S/C35H48ClN5O9S2/c1-21(33(44)41-14-4-7-29(41)34(45)46)38-27(35(47)50-20-25(43)19-42)13-12-22-8-10-24(11-9-22)18-37-52(48,49)31-17-30-28(16-26(31)36)39-32(40-51-30)15-23-5-2-3-6-23/h8-11,16-17,21,23,25,27,29,32,37-40,42-43H,2-7,12-15,18-20H2,1H3,(H,45,46)/t21?,25-,27-,29?,32-/m0/s1. The lowest BCUT2D eigenvalue weighted by atomic mass is 10.0. The molecule has 1 aliphatic carbocycles. The van der Waals surface area contributed by atoms with Crippen molar-refractivity contribution in [3.63, 3.8) is 0 Å². The molecule has 1 saturated heterocycles. The number of aliphatic hydroxyl groups is 2. The van der Waals surface area contributed by atoms with Crippen molar-refractivity contribution in [1.82, 2.24) is 19.7 Å². The van der Waals surface area contributed by atoms with Crippen molar-refractivity contribution in [2.45, 2.75) is 111 Å². The largest absolute Gasteiger partial charge is 0.480 e. The van der Waals surface area contributed by atoms with Crippen molar-refractivity contribution in [2.75, 3.05) is 25.1 Å². The molecule has 3 aliphatic rings. The quantitative estimate of drug-likeness (QED) is 0.0912. The van der Waals surface area contributed by atoms with Crippen molar-refractivity contribution in [3.05, 3.63) is 52.5 Å². The SMILES string of the molecule is CC(N[C@@H](CCc1ccc(CNS(=O)(=O)c2cc3c(cc2Cl)N[C@H](CC2CCCC2)NS3)cc1)C(=O)OC[C@@H](O)CO)C(=O)N1CCCC1C(=O)O. The zero-order chi connectivity index (χ0) is 37.4. The number of sulfonamides is 1. The number of halogens is 1. The highest BCUT2D eigenvalue weighted by Gasteiger charge is 2.37. The Hall–Kier alpha value is -2.96. The van der Waals surface area contributed by atoms with Crippen LogP contribution < -0.4 is 20.1 Å². The van der Waals surface area contributed by atoms with Gasteiger partial charge in [0.25, 0.3) is 0 Å². The Morgan fingerprint density at radius 3 is 2.50 bits per heavy atom. The first-order valence-corrected chi connectivity index (χ1v) is 20.4. The number of rotatable bonds is 17. The maximum atomic E-state index is 13.3. The normalized spacial score (nSPS) is 20.9. The number of aliphatic hydroxyl groups excluding tert-OH is 2. The fourth-order valence-electron chi connectivity index (χ4n) is 6.88. The van der Waals surface area contributed by atoms with Crippen molar-refractivity contribution >= 4 is 57.1 Å². The van der Waals surface area contributed by atoms with Crippen molar-refractivity contribution in [3.8, 4) is 0 Å². The number of benzene rings is 2. The van der Waals surface area contributed by atoms with Crippen LogP contribution in [0.15, 0.2) is 46.2 Å². The van der Waals surface area contributed by atoms with Crippen LogP contribution in [0.25, 0.3) is 0 Å². The van der Waals surface area contributed by atoms with Crippen LogP contribution in [-0.4, -0.2) is 96.6 Å². The molecule has 5 atom stereocenters. The average Bonchev–Trinajstić information content (AvgIpc) is 3.84. The van der Waals surface area contributed by atoms with E-state index in [1.54, 1.807) is 43.3 Å². The number of fused-ring (bicyclic) bond motifs is 1. The fourth-order valence-corrected chi connectivity index (χ4v) is 9.35. The van der Waals surface area contributed by atoms with Gasteiger partial charge in [0, 0.05) is 18.0 Å². The van der Waals surface area contributed by atoms with Crippen LogP contribution in [0, 0.1) is 5.92 Å².